The van der Waals surface area contributed by atoms with Crippen LogP contribution in [0.4, 0.5) is 5.69 Å². The molecule has 1 aliphatic heterocycles. The SMILES string of the molecule is CN.N#Cc1ccc(Cl)c(Cc2ccccc2)c1.Nc1cncc(C(=O)N2CCNCC2)c1. The molecule has 8 heteroatoms. The van der Waals surface area contributed by atoms with E-state index >= 15 is 0 Å². The number of nitrogens with zero attached hydrogens (tertiary/aromatic N) is 3. The normalized spacial score (nSPS) is 12.4. The van der Waals surface area contributed by atoms with Crippen LogP contribution in [-0.2, 0) is 6.42 Å². The number of halogens is 1. The molecule has 0 aliphatic carbocycles. The fraction of sp³-hybridized carbons (Fsp3) is 0.240. The van der Waals surface area contributed by atoms with E-state index in [1.54, 1.807) is 24.4 Å². The van der Waals surface area contributed by atoms with E-state index < -0.39 is 0 Å². The molecule has 2 aromatic carbocycles. The topological polar surface area (TPSA) is 121 Å². The number of carbonyl (C=O) groups is 1. The van der Waals surface area contributed by atoms with Crippen LogP contribution in [0.25, 0.3) is 0 Å². The van der Waals surface area contributed by atoms with Gasteiger partial charge in [-0.15, -0.1) is 0 Å². The number of hydrogen-bond donors (Lipinski definition) is 3. The molecule has 0 atom stereocenters. The Bertz CT molecular complexity index is 1060. The predicted octanol–water partition coefficient (Wildman–Crippen LogP) is 3.09. The van der Waals surface area contributed by atoms with E-state index in [0.29, 0.717) is 21.8 Å². The van der Waals surface area contributed by atoms with E-state index in [2.05, 4.69) is 34.2 Å². The maximum Gasteiger partial charge on any atom is 0.255 e. The Morgan fingerprint density at radius 2 is 1.82 bits per heavy atom. The van der Waals surface area contributed by atoms with Crippen molar-refractivity contribution in [2.24, 2.45) is 5.73 Å². The Morgan fingerprint density at radius 1 is 1.12 bits per heavy atom. The van der Waals surface area contributed by atoms with Gasteiger partial charge in [-0.3, -0.25) is 9.78 Å². The van der Waals surface area contributed by atoms with Gasteiger partial charge in [0.25, 0.3) is 5.91 Å². The average molecular weight is 465 g/mol. The highest BCUT2D eigenvalue weighted by molar-refractivity contribution is 6.31. The van der Waals surface area contributed by atoms with E-state index in [0.717, 1.165) is 38.2 Å². The van der Waals surface area contributed by atoms with Crippen LogP contribution in [-0.4, -0.2) is 49.0 Å². The molecule has 2 heterocycles. The second kappa shape index (κ2) is 13.9. The fourth-order valence-corrected chi connectivity index (χ4v) is 3.41. The van der Waals surface area contributed by atoms with Gasteiger partial charge in [-0.1, -0.05) is 41.9 Å². The molecule has 0 bridgehead atoms. The summed E-state index contributed by atoms with van der Waals surface area (Å²) in [5, 5.41) is 12.7. The molecule has 7 nitrogen and oxygen atoms in total. The van der Waals surface area contributed by atoms with Crippen LogP contribution in [0.3, 0.4) is 0 Å². The van der Waals surface area contributed by atoms with Gasteiger partial charge < -0.3 is 21.7 Å². The lowest BCUT2D eigenvalue weighted by Crippen LogP contribution is -2.46. The minimum Gasteiger partial charge on any atom is -0.397 e. The summed E-state index contributed by atoms with van der Waals surface area (Å²) in [5.74, 6) is 0.0105. The molecule has 1 saturated heterocycles. The number of nitriles is 1. The molecule has 0 spiro atoms. The first-order valence-corrected chi connectivity index (χ1v) is 11.0. The number of carbonyl (C=O) groups excluding carboxylic acids is 1. The van der Waals surface area contributed by atoms with E-state index in [9.17, 15) is 4.79 Å². The van der Waals surface area contributed by atoms with Gasteiger partial charge >= 0.3 is 0 Å². The molecule has 0 radical (unpaired) electrons. The number of nitrogens with one attached hydrogen (secondary N) is 1. The molecule has 1 aromatic heterocycles. The maximum atomic E-state index is 12.0. The zero-order valence-electron chi connectivity index (χ0n) is 18.7. The van der Waals surface area contributed by atoms with Crippen molar-refractivity contribution < 1.29 is 4.79 Å². The molecule has 1 fully saturated rings. The van der Waals surface area contributed by atoms with Crippen molar-refractivity contribution in [3.05, 3.63) is 94.3 Å². The number of amides is 1. The van der Waals surface area contributed by atoms with E-state index in [1.165, 1.54) is 18.8 Å². The van der Waals surface area contributed by atoms with Crippen LogP contribution in [0, 0.1) is 11.3 Å². The second-order valence-corrected chi connectivity index (χ2v) is 7.54. The quantitative estimate of drug-likeness (QED) is 0.547. The molecule has 0 saturated carbocycles. The largest absolute Gasteiger partial charge is 0.397 e. The summed E-state index contributed by atoms with van der Waals surface area (Å²) < 4.78 is 0. The zero-order valence-corrected chi connectivity index (χ0v) is 19.4. The van der Waals surface area contributed by atoms with Gasteiger partial charge in [-0.2, -0.15) is 5.26 Å². The minimum atomic E-state index is 0.0105. The van der Waals surface area contributed by atoms with Crippen molar-refractivity contribution in [2.45, 2.75) is 6.42 Å². The summed E-state index contributed by atoms with van der Waals surface area (Å²) in [7, 11) is 1.50. The summed E-state index contributed by atoms with van der Waals surface area (Å²) >= 11 is 6.09. The Hall–Kier alpha value is -3.44. The van der Waals surface area contributed by atoms with E-state index in [1.807, 2.05) is 29.2 Å². The summed E-state index contributed by atoms with van der Waals surface area (Å²) in [6.07, 6.45) is 3.85. The van der Waals surface area contributed by atoms with Crippen molar-refractivity contribution in [2.75, 3.05) is 39.0 Å². The molecule has 1 aliphatic rings. The molecule has 0 unspecified atom stereocenters. The van der Waals surface area contributed by atoms with Crippen LogP contribution in [0.2, 0.25) is 5.02 Å². The number of piperazine rings is 1. The third-order valence-corrected chi connectivity index (χ3v) is 5.19. The van der Waals surface area contributed by atoms with Crippen LogP contribution in [0.15, 0.2) is 67.0 Å². The number of nitrogens with two attached hydrogens (primary N) is 2. The lowest BCUT2D eigenvalue weighted by Gasteiger charge is -2.27. The van der Waals surface area contributed by atoms with Gasteiger partial charge in [0.2, 0.25) is 0 Å². The standard InChI is InChI=1S/C14H10ClN.C10H14N4O.CH5N/c15-14-7-6-12(10-16)9-13(14)8-11-4-2-1-3-5-11;11-9-5-8(6-13-7-9)10(15)14-3-1-12-2-4-14;1-2/h1-7,9H,8H2;5-7,12H,1-4,11H2;2H2,1H3. The highest BCUT2D eigenvalue weighted by atomic mass is 35.5. The molecule has 5 N–H and O–H groups in total. The number of rotatable bonds is 3. The lowest BCUT2D eigenvalue weighted by atomic mass is 10.0. The number of hydrogen-bond acceptors (Lipinski definition) is 6. The second-order valence-electron chi connectivity index (χ2n) is 7.13. The molecular weight excluding hydrogens is 436 g/mol. The third-order valence-electron chi connectivity index (χ3n) is 4.82. The summed E-state index contributed by atoms with van der Waals surface area (Å²) in [6, 6.07) is 19.2. The van der Waals surface area contributed by atoms with Crippen molar-refractivity contribution in [3.8, 4) is 6.07 Å². The minimum absolute atomic E-state index is 0.0105. The Labute approximate surface area is 200 Å². The molecule has 1 amide bonds. The van der Waals surface area contributed by atoms with Gasteiger partial charge in [0.05, 0.1) is 22.9 Å². The predicted molar refractivity (Wildman–Crippen MR) is 133 cm³/mol. The third kappa shape index (κ3) is 8.20. The van der Waals surface area contributed by atoms with Gasteiger partial charge in [0.1, 0.15) is 0 Å². The molecule has 3 aromatic rings. The van der Waals surface area contributed by atoms with Gasteiger partial charge in [0, 0.05) is 43.6 Å². The first kappa shape index (κ1) is 25.8. The number of nitrogen functional groups attached to an aromatic ring is 1. The first-order chi connectivity index (χ1) is 16.1. The number of benzene rings is 2. The number of pyridine rings is 1. The van der Waals surface area contributed by atoms with Gasteiger partial charge in [-0.05, 0) is 48.9 Å². The van der Waals surface area contributed by atoms with Crippen LogP contribution in [0.5, 0.6) is 0 Å². The highest BCUT2D eigenvalue weighted by Crippen LogP contribution is 2.20. The van der Waals surface area contributed by atoms with Crippen LogP contribution < -0.4 is 16.8 Å². The maximum absolute atomic E-state index is 12.0. The van der Waals surface area contributed by atoms with Crippen molar-refractivity contribution in [1.82, 2.24) is 15.2 Å². The summed E-state index contributed by atoms with van der Waals surface area (Å²) in [6.45, 7) is 3.18. The van der Waals surface area contributed by atoms with Gasteiger partial charge in [-0.25, -0.2) is 0 Å². The number of anilines is 1. The number of aromatic nitrogens is 1. The van der Waals surface area contributed by atoms with E-state index in [-0.39, 0.29) is 5.91 Å². The zero-order chi connectivity index (χ0) is 24.1. The smallest absolute Gasteiger partial charge is 0.255 e. The molecule has 33 heavy (non-hydrogen) atoms. The van der Waals surface area contributed by atoms with Crippen molar-refractivity contribution in [1.29, 1.82) is 5.26 Å². The van der Waals surface area contributed by atoms with Crippen molar-refractivity contribution in [3.63, 3.8) is 0 Å². The highest BCUT2D eigenvalue weighted by Gasteiger charge is 2.17. The Kier molecular flexibility index (Phi) is 10.8. The summed E-state index contributed by atoms with van der Waals surface area (Å²) in [5.41, 5.74) is 14.0. The molecular formula is C25H29ClN6O. The van der Waals surface area contributed by atoms with Crippen molar-refractivity contribution >= 4 is 23.2 Å². The van der Waals surface area contributed by atoms with E-state index in [4.69, 9.17) is 22.6 Å². The fourth-order valence-electron chi connectivity index (χ4n) is 3.22. The molecule has 172 valence electrons. The molecule has 4 rings (SSSR count). The summed E-state index contributed by atoms with van der Waals surface area (Å²) in [4.78, 5) is 17.7. The monoisotopic (exact) mass is 464 g/mol. The van der Waals surface area contributed by atoms with Crippen LogP contribution in [0.1, 0.15) is 27.0 Å². The Morgan fingerprint density at radius 3 is 2.45 bits per heavy atom. The Balaban J connectivity index is 0.000000218. The first-order valence-electron chi connectivity index (χ1n) is 10.6. The van der Waals surface area contributed by atoms with Gasteiger partial charge in [0.15, 0.2) is 0 Å². The van der Waals surface area contributed by atoms with Crippen LogP contribution >= 0.6 is 11.6 Å². The lowest BCUT2D eigenvalue weighted by molar-refractivity contribution is 0.0735. The average Bonchev–Trinajstić information content (AvgIpc) is 2.88.